The summed E-state index contributed by atoms with van der Waals surface area (Å²) in [6.07, 6.45) is 7.37. The van der Waals surface area contributed by atoms with Gasteiger partial charge in [0.25, 0.3) is 0 Å². The van der Waals surface area contributed by atoms with E-state index in [-0.39, 0.29) is 0 Å². The van der Waals surface area contributed by atoms with E-state index in [0.29, 0.717) is 11.5 Å². The largest absolute Gasteiger partial charge is 0.369 e. The lowest BCUT2D eigenvalue weighted by atomic mass is 9.97. The van der Waals surface area contributed by atoms with Crippen molar-refractivity contribution in [2.75, 3.05) is 18.0 Å². The summed E-state index contributed by atoms with van der Waals surface area (Å²) in [6.45, 7) is 4.07. The number of nitrogens with zero attached hydrogens (tertiary/aromatic N) is 4. The molecule has 0 aliphatic carbocycles. The molecule has 0 bridgehead atoms. The Kier molecular flexibility index (Phi) is 4.07. The molecule has 4 heteroatoms. The molecule has 1 saturated heterocycles. The summed E-state index contributed by atoms with van der Waals surface area (Å²) in [6, 6.07) is 13.2. The molecule has 0 N–H and O–H groups in total. The second-order valence-corrected chi connectivity index (χ2v) is 6.55. The molecule has 124 valence electrons. The molecule has 4 rings (SSSR count). The Hall–Kier alpha value is -2.93. The van der Waals surface area contributed by atoms with E-state index in [1.807, 2.05) is 6.07 Å². The van der Waals surface area contributed by atoms with Crippen LogP contribution >= 0.6 is 0 Å². The Morgan fingerprint density at radius 3 is 2.80 bits per heavy atom. The van der Waals surface area contributed by atoms with Crippen molar-refractivity contribution < 1.29 is 0 Å². The minimum atomic E-state index is 0.502. The Bertz CT molecular complexity index is 940. The summed E-state index contributed by atoms with van der Waals surface area (Å²) in [7, 11) is 0. The van der Waals surface area contributed by atoms with Crippen LogP contribution in [0.25, 0.3) is 10.9 Å². The van der Waals surface area contributed by atoms with Crippen molar-refractivity contribution in [3.63, 3.8) is 0 Å². The van der Waals surface area contributed by atoms with E-state index >= 15 is 0 Å². The SMILES string of the molecule is CCc1ccc(C2CCN(c3c(C#N)cnc4cnccc34)C2)cc1. The molecule has 1 unspecified atom stereocenters. The van der Waals surface area contributed by atoms with E-state index in [2.05, 4.69) is 52.1 Å². The maximum absolute atomic E-state index is 9.55. The van der Waals surface area contributed by atoms with Gasteiger partial charge in [0.1, 0.15) is 6.07 Å². The average molecular weight is 328 g/mol. The number of pyridine rings is 2. The van der Waals surface area contributed by atoms with Crippen molar-refractivity contribution in [3.05, 3.63) is 65.6 Å². The van der Waals surface area contributed by atoms with Gasteiger partial charge in [-0.3, -0.25) is 9.97 Å². The van der Waals surface area contributed by atoms with E-state index in [1.165, 1.54) is 11.1 Å². The zero-order valence-corrected chi connectivity index (χ0v) is 14.3. The minimum absolute atomic E-state index is 0.502. The standard InChI is InChI=1S/C21H20N4/c1-2-15-3-5-16(6-4-15)17-8-10-25(14-17)21-18(11-22)12-24-20-13-23-9-7-19(20)21/h3-7,9,12-13,17H,2,8,10,14H2,1H3. The predicted octanol–water partition coefficient (Wildman–Crippen LogP) is 4.06. The van der Waals surface area contributed by atoms with Gasteiger partial charge in [0.2, 0.25) is 0 Å². The summed E-state index contributed by atoms with van der Waals surface area (Å²) in [4.78, 5) is 10.9. The highest BCUT2D eigenvalue weighted by Gasteiger charge is 2.27. The highest BCUT2D eigenvalue weighted by atomic mass is 15.2. The molecule has 0 spiro atoms. The smallest absolute Gasteiger partial charge is 0.103 e. The first-order chi connectivity index (χ1) is 12.3. The summed E-state index contributed by atoms with van der Waals surface area (Å²) < 4.78 is 0. The zero-order chi connectivity index (χ0) is 17.2. The fraction of sp³-hybridized carbons (Fsp3) is 0.286. The van der Waals surface area contributed by atoms with Gasteiger partial charge in [0.05, 0.1) is 23.0 Å². The quantitative estimate of drug-likeness (QED) is 0.727. The lowest BCUT2D eigenvalue weighted by Gasteiger charge is -2.22. The molecule has 3 aromatic rings. The number of hydrogen-bond donors (Lipinski definition) is 0. The third-order valence-electron chi connectivity index (χ3n) is 5.13. The topological polar surface area (TPSA) is 52.8 Å². The maximum atomic E-state index is 9.55. The monoisotopic (exact) mass is 328 g/mol. The second-order valence-electron chi connectivity index (χ2n) is 6.55. The summed E-state index contributed by atoms with van der Waals surface area (Å²) in [5.74, 6) is 0.502. The molecule has 1 aliphatic heterocycles. The molecule has 0 saturated carbocycles. The molecule has 3 heterocycles. The highest BCUT2D eigenvalue weighted by Crippen LogP contribution is 2.36. The number of rotatable bonds is 3. The van der Waals surface area contributed by atoms with Gasteiger partial charge in [-0.2, -0.15) is 5.26 Å². The van der Waals surface area contributed by atoms with Gasteiger partial charge in [0, 0.05) is 36.8 Å². The molecular weight excluding hydrogens is 308 g/mol. The van der Waals surface area contributed by atoms with Gasteiger partial charge in [-0.05, 0) is 30.0 Å². The number of benzene rings is 1. The van der Waals surface area contributed by atoms with Crippen molar-refractivity contribution in [3.8, 4) is 6.07 Å². The molecular formula is C21H20N4. The molecule has 1 fully saturated rings. The van der Waals surface area contributed by atoms with Crippen LogP contribution in [0.1, 0.15) is 36.0 Å². The van der Waals surface area contributed by atoms with E-state index in [4.69, 9.17) is 0 Å². The lowest BCUT2D eigenvalue weighted by Crippen LogP contribution is -2.21. The first kappa shape index (κ1) is 15.6. The normalized spacial score (nSPS) is 17.0. The minimum Gasteiger partial charge on any atom is -0.369 e. The third-order valence-corrected chi connectivity index (χ3v) is 5.13. The molecule has 1 atom stereocenters. The van der Waals surface area contributed by atoms with Crippen LogP contribution < -0.4 is 4.90 Å². The molecule has 0 amide bonds. The van der Waals surface area contributed by atoms with Crippen LogP contribution in [0.2, 0.25) is 0 Å². The highest BCUT2D eigenvalue weighted by molar-refractivity contribution is 5.94. The van der Waals surface area contributed by atoms with Gasteiger partial charge in [-0.25, -0.2) is 0 Å². The van der Waals surface area contributed by atoms with Crippen LogP contribution in [0.3, 0.4) is 0 Å². The second kappa shape index (κ2) is 6.52. The van der Waals surface area contributed by atoms with Crippen molar-refractivity contribution in [1.29, 1.82) is 5.26 Å². The van der Waals surface area contributed by atoms with Crippen LogP contribution in [0.5, 0.6) is 0 Å². The number of fused-ring (bicyclic) bond motifs is 1. The van der Waals surface area contributed by atoms with E-state index in [0.717, 1.165) is 42.5 Å². The third kappa shape index (κ3) is 2.83. The molecule has 1 aliphatic rings. The van der Waals surface area contributed by atoms with Crippen LogP contribution in [0, 0.1) is 11.3 Å². The van der Waals surface area contributed by atoms with Gasteiger partial charge in [-0.1, -0.05) is 31.2 Å². The summed E-state index contributed by atoms with van der Waals surface area (Å²) >= 11 is 0. The molecule has 4 nitrogen and oxygen atoms in total. The van der Waals surface area contributed by atoms with Gasteiger partial charge < -0.3 is 4.90 Å². The van der Waals surface area contributed by atoms with E-state index in [9.17, 15) is 5.26 Å². The van der Waals surface area contributed by atoms with Crippen LogP contribution in [0.4, 0.5) is 5.69 Å². The predicted molar refractivity (Wildman–Crippen MR) is 99.6 cm³/mol. The molecule has 0 radical (unpaired) electrons. The summed E-state index contributed by atoms with van der Waals surface area (Å²) in [5, 5.41) is 10.6. The number of hydrogen-bond acceptors (Lipinski definition) is 4. The molecule has 25 heavy (non-hydrogen) atoms. The lowest BCUT2D eigenvalue weighted by molar-refractivity contribution is 0.774. The Balaban J connectivity index is 1.67. The Labute approximate surface area is 147 Å². The van der Waals surface area contributed by atoms with Gasteiger partial charge in [0.15, 0.2) is 0 Å². The van der Waals surface area contributed by atoms with E-state index < -0.39 is 0 Å². The Morgan fingerprint density at radius 1 is 1.20 bits per heavy atom. The number of anilines is 1. The van der Waals surface area contributed by atoms with Gasteiger partial charge >= 0.3 is 0 Å². The summed E-state index contributed by atoms with van der Waals surface area (Å²) in [5.41, 5.74) is 5.24. The zero-order valence-electron chi connectivity index (χ0n) is 14.3. The van der Waals surface area contributed by atoms with E-state index in [1.54, 1.807) is 18.6 Å². The van der Waals surface area contributed by atoms with Crippen molar-refractivity contribution >= 4 is 16.6 Å². The van der Waals surface area contributed by atoms with Crippen molar-refractivity contribution in [2.45, 2.75) is 25.7 Å². The number of aromatic nitrogens is 2. The maximum Gasteiger partial charge on any atom is 0.103 e. The number of nitriles is 1. The Morgan fingerprint density at radius 2 is 2.04 bits per heavy atom. The molecule has 1 aromatic carbocycles. The fourth-order valence-electron chi connectivity index (χ4n) is 3.71. The first-order valence-corrected chi connectivity index (χ1v) is 8.76. The fourth-order valence-corrected chi connectivity index (χ4v) is 3.71. The average Bonchev–Trinajstić information content (AvgIpc) is 3.16. The van der Waals surface area contributed by atoms with Gasteiger partial charge in [-0.15, -0.1) is 0 Å². The van der Waals surface area contributed by atoms with Crippen molar-refractivity contribution in [1.82, 2.24) is 9.97 Å². The molecule has 2 aromatic heterocycles. The van der Waals surface area contributed by atoms with Crippen molar-refractivity contribution in [2.24, 2.45) is 0 Å². The first-order valence-electron chi connectivity index (χ1n) is 8.76. The van der Waals surface area contributed by atoms with Crippen LogP contribution in [0.15, 0.2) is 48.9 Å². The van der Waals surface area contributed by atoms with Crippen LogP contribution in [-0.2, 0) is 6.42 Å². The van der Waals surface area contributed by atoms with Crippen LogP contribution in [-0.4, -0.2) is 23.1 Å². The number of aryl methyl sites for hydroxylation is 1.